The molecule has 2 aromatic rings. The number of nitrogens with one attached hydrogen (secondary N) is 1. The van der Waals surface area contributed by atoms with Crippen molar-refractivity contribution in [1.82, 2.24) is 14.9 Å². The molecule has 0 aliphatic heterocycles. The summed E-state index contributed by atoms with van der Waals surface area (Å²) < 4.78 is 2.13. The first-order valence-electron chi connectivity index (χ1n) is 7.10. The van der Waals surface area contributed by atoms with E-state index in [2.05, 4.69) is 46.1 Å². The number of aromatic nitrogens is 2. The number of rotatable bonds is 4. The molecule has 19 heavy (non-hydrogen) atoms. The molecule has 2 atom stereocenters. The first-order chi connectivity index (χ1) is 9.31. The van der Waals surface area contributed by atoms with Gasteiger partial charge >= 0.3 is 0 Å². The summed E-state index contributed by atoms with van der Waals surface area (Å²) in [4.78, 5) is 4.09. The SMILES string of the molecule is CC(Cn1ccnc1)NC1CCc2ccccc2C1. The molecule has 0 saturated heterocycles. The summed E-state index contributed by atoms with van der Waals surface area (Å²) in [5, 5.41) is 3.75. The van der Waals surface area contributed by atoms with E-state index >= 15 is 0 Å². The lowest BCUT2D eigenvalue weighted by molar-refractivity contribution is 0.379. The van der Waals surface area contributed by atoms with Crippen LogP contribution in [0.5, 0.6) is 0 Å². The molecule has 0 bridgehead atoms. The Hall–Kier alpha value is -1.61. The Labute approximate surface area is 114 Å². The van der Waals surface area contributed by atoms with Crippen LogP contribution in [-0.4, -0.2) is 21.6 Å². The van der Waals surface area contributed by atoms with Gasteiger partial charge in [-0.1, -0.05) is 24.3 Å². The molecular formula is C16H21N3. The summed E-state index contributed by atoms with van der Waals surface area (Å²) in [6, 6.07) is 9.91. The largest absolute Gasteiger partial charge is 0.336 e. The lowest BCUT2D eigenvalue weighted by atomic mass is 9.88. The van der Waals surface area contributed by atoms with E-state index in [0.717, 1.165) is 13.0 Å². The number of nitrogens with zero attached hydrogens (tertiary/aromatic N) is 2. The van der Waals surface area contributed by atoms with Gasteiger partial charge in [0.1, 0.15) is 0 Å². The Morgan fingerprint density at radius 1 is 1.37 bits per heavy atom. The summed E-state index contributed by atoms with van der Waals surface area (Å²) in [5.41, 5.74) is 3.05. The molecule has 0 radical (unpaired) electrons. The van der Waals surface area contributed by atoms with E-state index in [1.54, 1.807) is 0 Å². The van der Waals surface area contributed by atoms with Gasteiger partial charge in [-0.3, -0.25) is 0 Å². The van der Waals surface area contributed by atoms with Gasteiger partial charge in [0.15, 0.2) is 0 Å². The van der Waals surface area contributed by atoms with Gasteiger partial charge in [-0.2, -0.15) is 0 Å². The van der Waals surface area contributed by atoms with Crippen LogP contribution < -0.4 is 5.32 Å². The third-order valence-corrected chi connectivity index (χ3v) is 3.91. The van der Waals surface area contributed by atoms with Crippen LogP contribution in [0.2, 0.25) is 0 Å². The lowest BCUT2D eigenvalue weighted by Gasteiger charge is -2.28. The number of fused-ring (bicyclic) bond motifs is 1. The summed E-state index contributed by atoms with van der Waals surface area (Å²) in [6.07, 6.45) is 9.34. The second-order valence-corrected chi connectivity index (χ2v) is 5.54. The van der Waals surface area contributed by atoms with Crippen LogP contribution in [0, 0.1) is 0 Å². The second-order valence-electron chi connectivity index (χ2n) is 5.54. The van der Waals surface area contributed by atoms with Gasteiger partial charge in [-0.15, -0.1) is 0 Å². The molecule has 0 saturated carbocycles. The predicted octanol–water partition coefficient (Wildman–Crippen LogP) is 2.42. The average molecular weight is 255 g/mol. The zero-order valence-electron chi connectivity index (χ0n) is 11.4. The maximum atomic E-state index is 4.09. The minimum Gasteiger partial charge on any atom is -0.336 e. The van der Waals surface area contributed by atoms with Crippen molar-refractivity contribution in [1.29, 1.82) is 0 Å². The van der Waals surface area contributed by atoms with E-state index in [1.165, 1.54) is 24.0 Å². The molecular weight excluding hydrogens is 234 g/mol. The molecule has 1 aliphatic rings. The van der Waals surface area contributed by atoms with Crippen LogP contribution in [0.1, 0.15) is 24.5 Å². The quantitative estimate of drug-likeness (QED) is 0.909. The minimum atomic E-state index is 0.476. The fraction of sp³-hybridized carbons (Fsp3) is 0.438. The maximum absolute atomic E-state index is 4.09. The molecule has 1 heterocycles. The van der Waals surface area contributed by atoms with Crippen molar-refractivity contribution < 1.29 is 0 Å². The number of benzene rings is 1. The molecule has 2 unspecified atom stereocenters. The zero-order valence-corrected chi connectivity index (χ0v) is 11.4. The van der Waals surface area contributed by atoms with Gasteiger partial charge in [-0.05, 0) is 37.3 Å². The fourth-order valence-corrected chi connectivity index (χ4v) is 3.01. The summed E-state index contributed by atoms with van der Waals surface area (Å²) in [5.74, 6) is 0. The third-order valence-electron chi connectivity index (χ3n) is 3.91. The van der Waals surface area contributed by atoms with E-state index in [9.17, 15) is 0 Å². The van der Waals surface area contributed by atoms with E-state index in [1.807, 2.05) is 18.7 Å². The highest BCUT2D eigenvalue weighted by molar-refractivity contribution is 5.30. The van der Waals surface area contributed by atoms with Crippen LogP contribution >= 0.6 is 0 Å². The van der Waals surface area contributed by atoms with Gasteiger partial charge in [0.25, 0.3) is 0 Å². The van der Waals surface area contributed by atoms with Gasteiger partial charge in [0, 0.05) is 31.0 Å². The summed E-state index contributed by atoms with van der Waals surface area (Å²) >= 11 is 0. The van der Waals surface area contributed by atoms with Gasteiger partial charge in [-0.25, -0.2) is 4.98 Å². The maximum Gasteiger partial charge on any atom is 0.0946 e. The van der Waals surface area contributed by atoms with Crippen molar-refractivity contribution in [2.45, 2.75) is 44.8 Å². The number of hydrogen-bond donors (Lipinski definition) is 1. The van der Waals surface area contributed by atoms with Crippen molar-refractivity contribution in [3.63, 3.8) is 0 Å². The topological polar surface area (TPSA) is 29.9 Å². The van der Waals surface area contributed by atoms with E-state index in [4.69, 9.17) is 0 Å². The van der Waals surface area contributed by atoms with E-state index < -0.39 is 0 Å². The minimum absolute atomic E-state index is 0.476. The standard InChI is InChI=1S/C16H21N3/c1-13(11-19-9-8-17-12-19)18-16-7-6-14-4-2-3-5-15(14)10-16/h2-5,8-9,12-13,16,18H,6-7,10-11H2,1H3. The molecule has 1 N–H and O–H groups in total. The molecule has 0 fully saturated rings. The molecule has 3 nitrogen and oxygen atoms in total. The zero-order chi connectivity index (χ0) is 13.1. The molecule has 1 aromatic carbocycles. The number of aryl methyl sites for hydroxylation is 1. The highest BCUT2D eigenvalue weighted by Gasteiger charge is 2.19. The highest BCUT2D eigenvalue weighted by atomic mass is 15.1. The molecule has 1 aliphatic carbocycles. The molecule has 0 amide bonds. The Morgan fingerprint density at radius 3 is 3.00 bits per heavy atom. The van der Waals surface area contributed by atoms with E-state index in [-0.39, 0.29) is 0 Å². The van der Waals surface area contributed by atoms with Gasteiger partial charge in [0.05, 0.1) is 6.33 Å². The van der Waals surface area contributed by atoms with E-state index in [0.29, 0.717) is 12.1 Å². The Bertz CT molecular complexity index is 519. The molecule has 100 valence electrons. The molecule has 3 rings (SSSR count). The first kappa shape index (κ1) is 12.4. The molecule has 0 spiro atoms. The smallest absolute Gasteiger partial charge is 0.0946 e. The van der Waals surface area contributed by atoms with Crippen LogP contribution in [0.3, 0.4) is 0 Å². The van der Waals surface area contributed by atoms with Crippen molar-refractivity contribution in [3.05, 3.63) is 54.1 Å². The van der Waals surface area contributed by atoms with Crippen LogP contribution in [0.25, 0.3) is 0 Å². The van der Waals surface area contributed by atoms with Crippen LogP contribution in [0.15, 0.2) is 43.0 Å². The first-order valence-corrected chi connectivity index (χ1v) is 7.10. The Balaban J connectivity index is 1.57. The monoisotopic (exact) mass is 255 g/mol. The number of imidazole rings is 1. The van der Waals surface area contributed by atoms with Crippen LogP contribution in [0.4, 0.5) is 0 Å². The van der Waals surface area contributed by atoms with Crippen LogP contribution in [-0.2, 0) is 19.4 Å². The van der Waals surface area contributed by atoms with Gasteiger partial charge < -0.3 is 9.88 Å². The Morgan fingerprint density at radius 2 is 2.21 bits per heavy atom. The van der Waals surface area contributed by atoms with Crippen molar-refractivity contribution >= 4 is 0 Å². The number of hydrogen-bond acceptors (Lipinski definition) is 2. The predicted molar refractivity (Wildman–Crippen MR) is 77.1 cm³/mol. The Kier molecular flexibility index (Phi) is 3.65. The normalized spacial score (nSPS) is 19.9. The summed E-state index contributed by atoms with van der Waals surface area (Å²) in [6.45, 7) is 3.23. The summed E-state index contributed by atoms with van der Waals surface area (Å²) in [7, 11) is 0. The second kappa shape index (κ2) is 5.57. The fourth-order valence-electron chi connectivity index (χ4n) is 3.01. The molecule has 1 aromatic heterocycles. The lowest BCUT2D eigenvalue weighted by Crippen LogP contribution is -2.42. The average Bonchev–Trinajstić information content (AvgIpc) is 2.91. The van der Waals surface area contributed by atoms with Crippen molar-refractivity contribution in [3.8, 4) is 0 Å². The van der Waals surface area contributed by atoms with Gasteiger partial charge in [0.2, 0.25) is 0 Å². The third kappa shape index (κ3) is 3.04. The molecule has 3 heteroatoms. The highest BCUT2D eigenvalue weighted by Crippen LogP contribution is 2.21. The van der Waals surface area contributed by atoms with Crippen molar-refractivity contribution in [2.24, 2.45) is 0 Å². The van der Waals surface area contributed by atoms with Crippen molar-refractivity contribution in [2.75, 3.05) is 0 Å².